The molecule has 2 nitrogen and oxygen atoms in total. The molecule has 1 saturated carbocycles. The molecule has 0 radical (unpaired) electrons. The Kier molecular flexibility index (Phi) is 4.51. The first-order valence-corrected chi connectivity index (χ1v) is 7.53. The van der Waals surface area contributed by atoms with E-state index < -0.39 is 5.60 Å². The van der Waals surface area contributed by atoms with E-state index in [1.807, 2.05) is 24.3 Å². The second kappa shape index (κ2) is 5.96. The van der Waals surface area contributed by atoms with Crippen molar-refractivity contribution in [2.75, 3.05) is 6.61 Å². The number of benzene rings is 1. The molecule has 1 aromatic rings. The van der Waals surface area contributed by atoms with E-state index >= 15 is 0 Å². The normalized spacial score (nSPS) is 31.2. The van der Waals surface area contributed by atoms with Crippen LogP contribution < -0.4 is 4.74 Å². The van der Waals surface area contributed by atoms with Gasteiger partial charge in [0.15, 0.2) is 0 Å². The summed E-state index contributed by atoms with van der Waals surface area (Å²) in [6, 6.07) is 8.02. The van der Waals surface area contributed by atoms with Crippen molar-refractivity contribution >= 4 is 0 Å². The van der Waals surface area contributed by atoms with E-state index in [1.165, 1.54) is 6.42 Å². The molecule has 2 heteroatoms. The molecule has 19 heavy (non-hydrogen) atoms. The molecule has 0 heterocycles. The van der Waals surface area contributed by atoms with Crippen LogP contribution in [0.5, 0.6) is 5.75 Å². The average Bonchev–Trinajstić information content (AvgIpc) is 2.43. The predicted molar refractivity (Wildman–Crippen MR) is 78.3 cm³/mol. The van der Waals surface area contributed by atoms with Gasteiger partial charge in [-0.25, -0.2) is 0 Å². The van der Waals surface area contributed by atoms with Gasteiger partial charge in [-0.1, -0.05) is 39.3 Å². The SMILES string of the molecule is CCCOc1ccc(C2(O)CCCC(C)C2C)cc1. The third-order valence-corrected chi connectivity index (χ3v) is 4.65. The number of hydrogen-bond donors (Lipinski definition) is 1. The van der Waals surface area contributed by atoms with Gasteiger partial charge < -0.3 is 9.84 Å². The molecular weight excluding hydrogens is 236 g/mol. The van der Waals surface area contributed by atoms with Crippen LogP contribution in [0.15, 0.2) is 24.3 Å². The largest absolute Gasteiger partial charge is 0.494 e. The van der Waals surface area contributed by atoms with E-state index in [9.17, 15) is 5.11 Å². The Balaban J connectivity index is 2.16. The van der Waals surface area contributed by atoms with Crippen LogP contribution in [0.25, 0.3) is 0 Å². The topological polar surface area (TPSA) is 29.5 Å². The van der Waals surface area contributed by atoms with Gasteiger partial charge in [-0.2, -0.15) is 0 Å². The summed E-state index contributed by atoms with van der Waals surface area (Å²) in [6.07, 6.45) is 4.21. The molecule has 1 N–H and O–H groups in total. The van der Waals surface area contributed by atoms with Crippen molar-refractivity contribution in [3.63, 3.8) is 0 Å². The Hall–Kier alpha value is -1.02. The Bertz CT molecular complexity index is 398. The summed E-state index contributed by atoms with van der Waals surface area (Å²) in [5.74, 6) is 1.78. The third-order valence-electron chi connectivity index (χ3n) is 4.65. The lowest BCUT2D eigenvalue weighted by atomic mass is 9.67. The van der Waals surface area contributed by atoms with Crippen LogP contribution in [0.1, 0.15) is 52.0 Å². The van der Waals surface area contributed by atoms with Gasteiger partial charge in [0.2, 0.25) is 0 Å². The molecule has 0 aromatic heterocycles. The van der Waals surface area contributed by atoms with Gasteiger partial charge in [-0.3, -0.25) is 0 Å². The maximum absolute atomic E-state index is 11.0. The highest BCUT2D eigenvalue weighted by molar-refractivity contribution is 5.31. The zero-order valence-electron chi connectivity index (χ0n) is 12.4. The van der Waals surface area contributed by atoms with E-state index in [1.54, 1.807) is 0 Å². The Labute approximate surface area is 116 Å². The smallest absolute Gasteiger partial charge is 0.119 e. The summed E-state index contributed by atoms with van der Waals surface area (Å²) >= 11 is 0. The summed E-state index contributed by atoms with van der Waals surface area (Å²) in [6.45, 7) is 7.26. The third kappa shape index (κ3) is 2.94. The fourth-order valence-electron chi connectivity index (χ4n) is 3.11. The highest BCUT2D eigenvalue weighted by atomic mass is 16.5. The van der Waals surface area contributed by atoms with Gasteiger partial charge in [-0.05, 0) is 48.8 Å². The van der Waals surface area contributed by atoms with Crippen LogP contribution in [0.2, 0.25) is 0 Å². The maximum atomic E-state index is 11.0. The molecule has 1 fully saturated rings. The number of ether oxygens (including phenoxy) is 1. The molecule has 0 spiro atoms. The fraction of sp³-hybridized carbons (Fsp3) is 0.647. The van der Waals surface area contributed by atoms with Gasteiger partial charge in [0.25, 0.3) is 0 Å². The molecule has 0 saturated heterocycles. The van der Waals surface area contributed by atoms with Crippen molar-refractivity contribution < 1.29 is 9.84 Å². The Morgan fingerprint density at radius 3 is 2.58 bits per heavy atom. The van der Waals surface area contributed by atoms with Gasteiger partial charge in [-0.15, -0.1) is 0 Å². The molecule has 0 aliphatic heterocycles. The summed E-state index contributed by atoms with van der Waals surface area (Å²) < 4.78 is 5.60. The molecule has 3 atom stereocenters. The van der Waals surface area contributed by atoms with Gasteiger partial charge in [0.1, 0.15) is 5.75 Å². The van der Waals surface area contributed by atoms with E-state index in [2.05, 4.69) is 20.8 Å². The second-order valence-electron chi connectivity index (χ2n) is 5.96. The molecule has 3 unspecified atom stereocenters. The zero-order chi connectivity index (χ0) is 13.9. The number of hydrogen-bond acceptors (Lipinski definition) is 2. The van der Waals surface area contributed by atoms with Crippen LogP contribution in [-0.4, -0.2) is 11.7 Å². The van der Waals surface area contributed by atoms with E-state index in [-0.39, 0.29) is 0 Å². The van der Waals surface area contributed by atoms with Crippen molar-refractivity contribution in [3.05, 3.63) is 29.8 Å². The molecule has 1 aromatic carbocycles. The lowest BCUT2D eigenvalue weighted by molar-refractivity contribution is -0.0688. The fourth-order valence-corrected chi connectivity index (χ4v) is 3.11. The van der Waals surface area contributed by atoms with Gasteiger partial charge >= 0.3 is 0 Å². The summed E-state index contributed by atoms with van der Waals surface area (Å²) in [5.41, 5.74) is 0.372. The van der Waals surface area contributed by atoms with Crippen LogP contribution >= 0.6 is 0 Å². The second-order valence-corrected chi connectivity index (χ2v) is 5.96. The van der Waals surface area contributed by atoms with Crippen LogP contribution in [0.3, 0.4) is 0 Å². The summed E-state index contributed by atoms with van der Waals surface area (Å²) in [5, 5.41) is 11.0. The minimum absolute atomic E-state index is 0.309. The Morgan fingerprint density at radius 2 is 1.95 bits per heavy atom. The summed E-state index contributed by atoms with van der Waals surface area (Å²) in [7, 11) is 0. The first kappa shape index (κ1) is 14.4. The lowest BCUT2D eigenvalue weighted by Crippen LogP contribution is -2.40. The van der Waals surface area contributed by atoms with Crippen LogP contribution in [0, 0.1) is 11.8 Å². The minimum atomic E-state index is -0.666. The highest BCUT2D eigenvalue weighted by Gasteiger charge is 2.40. The molecule has 1 aliphatic carbocycles. The van der Waals surface area contributed by atoms with Crippen LogP contribution in [-0.2, 0) is 5.60 Å². The molecule has 2 rings (SSSR count). The highest BCUT2D eigenvalue weighted by Crippen LogP contribution is 2.44. The monoisotopic (exact) mass is 262 g/mol. The summed E-state index contributed by atoms with van der Waals surface area (Å²) in [4.78, 5) is 0. The average molecular weight is 262 g/mol. The predicted octanol–water partition coefficient (Wildman–Crippen LogP) is 4.12. The molecule has 106 valence electrons. The van der Waals surface area contributed by atoms with Gasteiger partial charge in [0, 0.05) is 0 Å². The molecule has 0 bridgehead atoms. The first-order valence-electron chi connectivity index (χ1n) is 7.53. The van der Waals surface area contributed by atoms with E-state index in [0.717, 1.165) is 37.2 Å². The number of rotatable bonds is 4. The lowest BCUT2D eigenvalue weighted by Gasteiger charge is -2.42. The van der Waals surface area contributed by atoms with E-state index in [0.29, 0.717) is 11.8 Å². The number of aliphatic hydroxyl groups is 1. The maximum Gasteiger partial charge on any atom is 0.119 e. The standard InChI is InChI=1S/C17H26O2/c1-4-12-19-16-9-7-15(8-10-16)17(18)11-5-6-13(2)14(17)3/h7-10,13-14,18H,4-6,11-12H2,1-3H3. The molecule has 0 amide bonds. The quantitative estimate of drug-likeness (QED) is 0.884. The van der Waals surface area contributed by atoms with Crippen molar-refractivity contribution in [1.29, 1.82) is 0 Å². The van der Waals surface area contributed by atoms with Crippen LogP contribution in [0.4, 0.5) is 0 Å². The van der Waals surface area contributed by atoms with Crippen molar-refractivity contribution in [2.24, 2.45) is 11.8 Å². The van der Waals surface area contributed by atoms with Crippen molar-refractivity contribution in [1.82, 2.24) is 0 Å². The van der Waals surface area contributed by atoms with Crippen molar-refractivity contribution in [2.45, 2.75) is 52.1 Å². The van der Waals surface area contributed by atoms with E-state index in [4.69, 9.17) is 4.74 Å². The van der Waals surface area contributed by atoms with Crippen molar-refractivity contribution in [3.8, 4) is 5.75 Å². The minimum Gasteiger partial charge on any atom is -0.494 e. The molecular formula is C17H26O2. The molecule has 1 aliphatic rings. The van der Waals surface area contributed by atoms with Gasteiger partial charge in [0.05, 0.1) is 12.2 Å². The first-order chi connectivity index (χ1) is 9.08. The Morgan fingerprint density at radius 1 is 1.26 bits per heavy atom. The zero-order valence-corrected chi connectivity index (χ0v) is 12.4.